The summed E-state index contributed by atoms with van der Waals surface area (Å²) in [5.74, 6) is 0.918. The van der Waals surface area contributed by atoms with Gasteiger partial charge < -0.3 is 14.8 Å². The number of nitrogens with one attached hydrogen (secondary N) is 1. The molecule has 3 nitrogen and oxygen atoms in total. The second kappa shape index (κ2) is 8.90. The SMILES string of the molecule is CC[C@@]1(C)C[C@](CCNCc2ccccc2)(c2ccc(OC)cc2)CCO1. The average Bonchev–Trinajstić information content (AvgIpc) is 2.72. The maximum atomic E-state index is 6.17. The Bertz CT molecular complexity index is 700. The van der Waals surface area contributed by atoms with Crippen LogP contribution in [0, 0.1) is 0 Å². The van der Waals surface area contributed by atoms with Crippen LogP contribution in [0.1, 0.15) is 50.7 Å². The number of ether oxygens (including phenoxy) is 2. The second-order valence-corrected chi connectivity index (χ2v) is 8.00. The van der Waals surface area contributed by atoms with Gasteiger partial charge in [-0.05, 0) is 62.4 Å². The molecule has 2 aromatic rings. The van der Waals surface area contributed by atoms with Gasteiger partial charge in [0.05, 0.1) is 12.7 Å². The highest BCUT2D eigenvalue weighted by Gasteiger charge is 2.43. The number of methoxy groups -OCH3 is 1. The molecule has 146 valence electrons. The minimum absolute atomic E-state index is 0.0440. The number of rotatable bonds is 8. The Labute approximate surface area is 164 Å². The van der Waals surface area contributed by atoms with Gasteiger partial charge in [-0.15, -0.1) is 0 Å². The van der Waals surface area contributed by atoms with Crippen molar-refractivity contribution in [3.63, 3.8) is 0 Å². The lowest BCUT2D eigenvalue weighted by Crippen LogP contribution is -2.46. The van der Waals surface area contributed by atoms with E-state index in [9.17, 15) is 0 Å². The van der Waals surface area contributed by atoms with E-state index in [2.05, 4.69) is 73.8 Å². The van der Waals surface area contributed by atoms with Crippen LogP contribution in [0.4, 0.5) is 0 Å². The Morgan fingerprint density at radius 1 is 1.07 bits per heavy atom. The fourth-order valence-electron chi connectivity index (χ4n) is 4.28. The Balaban J connectivity index is 1.73. The Morgan fingerprint density at radius 3 is 2.48 bits per heavy atom. The summed E-state index contributed by atoms with van der Waals surface area (Å²) in [6, 6.07) is 19.3. The predicted molar refractivity (Wildman–Crippen MR) is 111 cm³/mol. The van der Waals surface area contributed by atoms with E-state index >= 15 is 0 Å². The first kappa shape index (κ1) is 19.9. The van der Waals surface area contributed by atoms with Crippen molar-refractivity contribution in [2.45, 2.75) is 57.1 Å². The molecule has 0 bridgehead atoms. The first-order valence-corrected chi connectivity index (χ1v) is 10.1. The van der Waals surface area contributed by atoms with E-state index in [0.29, 0.717) is 0 Å². The molecule has 0 spiro atoms. The largest absolute Gasteiger partial charge is 0.497 e. The molecule has 2 aromatic carbocycles. The summed E-state index contributed by atoms with van der Waals surface area (Å²) in [6.45, 7) is 7.25. The Morgan fingerprint density at radius 2 is 1.81 bits per heavy atom. The van der Waals surface area contributed by atoms with Crippen LogP contribution in [0.2, 0.25) is 0 Å². The zero-order chi connectivity index (χ0) is 19.2. The van der Waals surface area contributed by atoms with Crippen LogP contribution in [0.25, 0.3) is 0 Å². The van der Waals surface area contributed by atoms with Gasteiger partial charge in [0.2, 0.25) is 0 Å². The maximum Gasteiger partial charge on any atom is 0.118 e. The topological polar surface area (TPSA) is 30.5 Å². The minimum atomic E-state index is -0.0440. The van der Waals surface area contributed by atoms with E-state index in [1.54, 1.807) is 7.11 Å². The molecule has 1 N–H and O–H groups in total. The highest BCUT2D eigenvalue weighted by molar-refractivity contribution is 5.33. The lowest BCUT2D eigenvalue weighted by Gasteiger charge is -2.47. The lowest BCUT2D eigenvalue weighted by atomic mass is 9.66. The smallest absolute Gasteiger partial charge is 0.118 e. The quantitative estimate of drug-likeness (QED) is 0.659. The summed E-state index contributed by atoms with van der Waals surface area (Å²) < 4.78 is 11.5. The van der Waals surface area contributed by atoms with E-state index in [0.717, 1.165) is 51.1 Å². The van der Waals surface area contributed by atoms with Crippen LogP contribution in [-0.4, -0.2) is 25.9 Å². The molecule has 0 aromatic heterocycles. The summed E-state index contributed by atoms with van der Waals surface area (Å²) >= 11 is 0. The van der Waals surface area contributed by atoms with Gasteiger partial charge in [0.1, 0.15) is 5.75 Å². The molecule has 1 heterocycles. The lowest BCUT2D eigenvalue weighted by molar-refractivity contribution is -0.0979. The predicted octanol–water partition coefficient (Wildman–Crippen LogP) is 5.09. The number of hydrogen-bond acceptors (Lipinski definition) is 3. The third-order valence-corrected chi connectivity index (χ3v) is 6.15. The minimum Gasteiger partial charge on any atom is -0.497 e. The van der Waals surface area contributed by atoms with Crippen molar-refractivity contribution in [2.75, 3.05) is 20.3 Å². The molecule has 1 aliphatic heterocycles. The molecule has 0 amide bonds. The van der Waals surface area contributed by atoms with Crippen molar-refractivity contribution < 1.29 is 9.47 Å². The second-order valence-electron chi connectivity index (χ2n) is 8.00. The molecule has 1 fully saturated rings. The molecule has 1 aliphatic rings. The highest BCUT2D eigenvalue weighted by atomic mass is 16.5. The third kappa shape index (κ3) is 4.91. The third-order valence-electron chi connectivity index (χ3n) is 6.15. The first-order chi connectivity index (χ1) is 13.1. The van der Waals surface area contributed by atoms with Gasteiger partial charge in [-0.25, -0.2) is 0 Å². The van der Waals surface area contributed by atoms with E-state index in [-0.39, 0.29) is 11.0 Å². The van der Waals surface area contributed by atoms with Gasteiger partial charge in [0.15, 0.2) is 0 Å². The molecular formula is C24H33NO2. The highest BCUT2D eigenvalue weighted by Crippen LogP contribution is 2.45. The monoisotopic (exact) mass is 367 g/mol. The van der Waals surface area contributed by atoms with Gasteiger partial charge in [-0.3, -0.25) is 0 Å². The van der Waals surface area contributed by atoms with Gasteiger partial charge in [0, 0.05) is 18.6 Å². The van der Waals surface area contributed by atoms with Crippen LogP contribution < -0.4 is 10.1 Å². The van der Waals surface area contributed by atoms with Gasteiger partial charge >= 0.3 is 0 Å². The summed E-state index contributed by atoms with van der Waals surface area (Å²) in [6.07, 6.45) is 4.30. The zero-order valence-corrected chi connectivity index (χ0v) is 17.0. The molecule has 2 atom stereocenters. The van der Waals surface area contributed by atoms with Gasteiger partial charge in [-0.2, -0.15) is 0 Å². The fraction of sp³-hybridized carbons (Fsp3) is 0.500. The molecule has 0 radical (unpaired) electrons. The summed E-state index contributed by atoms with van der Waals surface area (Å²) in [5, 5.41) is 3.65. The van der Waals surface area contributed by atoms with Crippen molar-refractivity contribution in [3.8, 4) is 5.75 Å². The van der Waals surface area contributed by atoms with Crippen molar-refractivity contribution in [1.29, 1.82) is 0 Å². The molecule has 3 rings (SSSR count). The Kier molecular flexibility index (Phi) is 6.56. The van der Waals surface area contributed by atoms with Crippen molar-refractivity contribution >= 4 is 0 Å². The van der Waals surface area contributed by atoms with Crippen LogP contribution in [0.15, 0.2) is 54.6 Å². The summed E-state index contributed by atoms with van der Waals surface area (Å²) in [7, 11) is 1.72. The van der Waals surface area contributed by atoms with Gasteiger partial charge in [-0.1, -0.05) is 49.4 Å². The molecule has 3 heteroatoms. The molecule has 1 saturated heterocycles. The zero-order valence-electron chi connectivity index (χ0n) is 17.0. The van der Waals surface area contributed by atoms with E-state index in [4.69, 9.17) is 9.47 Å². The molecule has 0 saturated carbocycles. The van der Waals surface area contributed by atoms with Crippen LogP contribution in [0.5, 0.6) is 5.75 Å². The standard InChI is InChI=1S/C24H33NO2/c1-4-23(2)19-24(15-17-27-23,21-10-12-22(26-3)13-11-21)14-16-25-18-20-8-6-5-7-9-20/h5-13,25H,4,14-19H2,1-3H3/t23-,24+/m0/s1. The first-order valence-electron chi connectivity index (χ1n) is 10.1. The normalized spacial score (nSPS) is 25.3. The molecule has 0 unspecified atom stereocenters. The van der Waals surface area contributed by atoms with Crippen LogP contribution >= 0.6 is 0 Å². The van der Waals surface area contributed by atoms with Crippen LogP contribution in [-0.2, 0) is 16.7 Å². The molecule has 0 aliphatic carbocycles. The van der Waals surface area contributed by atoms with Gasteiger partial charge in [0.25, 0.3) is 0 Å². The maximum absolute atomic E-state index is 6.17. The summed E-state index contributed by atoms with van der Waals surface area (Å²) in [5.41, 5.74) is 2.85. The molecular weight excluding hydrogens is 334 g/mol. The Hall–Kier alpha value is -1.84. The number of benzene rings is 2. The van der Waals surface area contributed by atoms with Crippen molar-refractivity contribution in [2.24, 2.45) is 0 Å². The number of hydrogen-bond donors (Lipinski definition) is 1. The van der Waals surface area contributed by atoms with E-state index in [1.165, 1.54) is 11.1 Å². The van der Waals surface area contributed by atoms with Crippen LogP contribution in [0.3, 0.4) is 0 Å². The summed E-state index contributed by atoms with van der Waals surface area (Å²) in [4.78, 5) is 0. The van der Waals surface area contributed by atoms with E-state index < -0.39 is 0 Å². The van der Waals surface area contributed by atoms with E-state index in [1.807, 2.05) is 0 Å². The average molecular weight is 368 g/mol. The molecule has 27 heavy (non-hydrogen) atoms. The fourth-order valence-corrected chi connectivity index (χ4v) is 4.28. The van der Waals surface area contributed by atoms with Crippen molar-refractivity contribution in [1.82, 2.24) is 5.32 Å². The van der Waals surface area contributed by atoms with Crippen molar-refractivity contribution in [3.05, 3.63) is 65.7 Å².